The van der Waals surface area contributed by atoms with E-state index in [2.05, 4.69) is 6.07 Å². The fraction of sp³-hybridized carbons (Fsp3) is 0.667. The Labute approximate surface area is 71.9 Å². The van der Waals surface area contributed by atoms with E-state index in [1.165, 1.54) is 0 Å². The largest absolute Gasteiger partial charge is 0.322 e. The molecule has 0 spiro atoms. The summed E-state index contributed by atoms with van der Waals surface area (Å²) < 4.78 is 13.3. The van der Waals surface area contributed by atoms with E-state index in [-0.39, 0.29) is 11.7 Å². The van der Waals surface area contributed by atoms with Gasteiger partial charge in [0.25, 0.3) is 0 Å². The first kappa shape index (κ1) is 9.21. The Balaban J connectivity index is 2.86. The van der Waals surface area contributed by atoms with Gasteiger partial charge in [-0.05, 0) is 31.8 Å². The van der Waals surface area contributed by atoms with Gasteiger partial charge in [-0.15, -0.1) is 0 Å². The minimum atomic E-state index is -0.561. The van der Waals surface area contributed by atoms with Crippen molar-refractivity contribution in [2.45, 2.75) is 32.2 Å². The Morgan fingerprint density at radius 1 is 1.83 bits per heavy atom. The molecule has 0 aliphatic heterocycles. The molecule has 1 aliphatic carbocycles. The van der Waals surface area contributed by atoms with Gasteiger partial charge in [0.15, 0.2) is 0 Å². The molecule has 3 heteroatoms. The number of rotatable bonds is 1. The molecule has 0 amide bonds. The summed E-state index contributed by atoms with van der Waals surface area (Å²) in [6, 6.07) is 1.54. The lowest BCUT2D eigenvalue weighted by molar-refractivity contribution is 0.536. The molecule has 1 unspecified atom stereocenters. The van der Waals surface area contributed by atoms with E-state index in [1.54, 1.807) is 6.92 Å². The van der Waals surface area contributed by atoms with Crippen molar-refractivity contribution >= 4 is 0 Å². The van der Waals surface area contributed by atoms with Crippen molar-refractivity contribution in [1.82, 2.24) is 0 Å². The van der Waals surface area contributed by atoms with Crippen molar-refractivity contribution in [2.75, 3.05) is 0 Å². The van der Waals surface area contributed by atoms with Crippen LogP contribution in [-0.4, -0.2) is 6.04 Å². The molecule has 0 bridgehead atoms. The second-order valence-electron chi connectivity index (χ2n) is 3.24. The van der Waals surface area contributed by atoms with Crippen LogP contribution >= 0.6 is 0 Å². The molecule has 0 heterocycles. The Bertz CT molecular complexity index is 237. The first-order chi connectivity index (χ1) is 5.66. The molecule has 12 heavy (non-hydrogen) atoms. The Morgan fingerprint density at radius 3 is 3.00 bits per heavy atom. The van der Waals surface area contributed by atoms with Crippen LogP contribution in [0.3, 0.4) is 0 Å². The van der Waals surface area contributed by atoms with Gasteiger partial charge in [-0.2, -0.15) is 5.26 Å². The predicted molar refractivity (Wildman–Crippen MR) is 44.7 cm³/mol. The second kappa shape index (κ2) is 3.68. The van der Waals surface area contributed by atoms with Gasteiger partial charge in [-0.1, -0.05) is 0 Å². The molecule has 0 saturated heterocycles. The van der Waals surface area contributed by atoms with Crippen LogP contribution in [0.5, 0.6) is 0 Å². The van der Waals surface area contributed by atoms with Crippen LogP contribution in [0.1, 0.15) is 26.2 Å². The predicted octanol–water partition coefficient (Wildman–Crippen LogP) is 1.88. The van der Waals surface area contributed by atoms with E-state index in [0.29, 0.717) is 12.0 Å². The van der Waals surface area contributed by atoms with E-state index >= 15 is 0 Å². The fourth-order valence-corrected chi connectivity index (χ4v) is 1.57. The molecule has 2 nitrogen and oxygen atoms in total. The van der Waals surface area contributed by atoms with Crippen LogP contribution in [0.2, 0.25) is 0 Å². The van der Waals surface area contributed by atoms with Gasteiger partial charge in [0, 0.05) is 0 Å². The van der Waals surface area contributed by atoms with Gasteiger partial charge < -0.3 is 5.73 Å². The lowest BCUT2D eigenvalue weighted by Crippen LogP contribution is -2.17. The van der Waals surface area contributed by atoms with E-state index in [0.717, 1.165) is 12.8 Å². The summed E-state index contributed by atoms with van der Waals surface area (Å²) in [6.07, 6.45) is 2.39. The summed E-state index contributed by atoms with van der Waals surface area (Å²) in [4.78, 5) is 0. The highest BCUT2D eigenvalue weighted by atomic mass is 19.1. The molecule has 2 atom stereocenters. The number of nitrogens with zero attached hydrogens (tertiary/aromatic N) is 1. The van der Waals surface area contributed by atoms with Gasteiger partial charge in [0.05, 0.1) is 18.0 Å². The number of hydrogen-bond acceptors (Lipinski definition) is 2. The topological polar surface area (TPSA) is 49.8 Å². The second-order valence-corrected chi connectivity index (χ2v) is 3.24. The lowest BCUT2D eigenvalue weighted by Gasteiger charge is -2.08. The van der Waals surface area contributed by atoms with Crippen LogP contribution in [0.15, 0.2) is 11.4 Å². The Kier molecular flexibility index (Phi) is 2.83. The van der Waals surface area contributed by atoms with Crippen molar-refractivity contribution in [2.24, 2.45) is 11.7 Å². The molecule has 2 N–H and O–H groups in total. The average Bonchev–Trinajstić information content (AvgIpc) is 2.49. The number of hydrogen-bond donors (Lipinski definition) is 1. The van der Waals surface area contributed by atoms with Crippen LogP contribution in [0, 0.1) is 17.2 Å². The summed E-state index contributed by atoms with van der Waals surface area (Å²) in [6.45, 7) is 1.61. The van der Waals surface area contributed by atoms with Crippen LogP contribution < -0.4 is 5.73 Å². The monoisotopic (exact) mass is 168 g/mol. The highest BCUT2D eigenvalue weighted by Gasteiger charge is 2.25. The van der Waals surface area contributed by atoms with Gasteiger partial charge in [0.1, 0.15) is 5.83 Å². The smallest absolute Gasteiger partial charge is 0.117 e. The van der Waals surface area contributed by atoms with Gasteiger partial charge in [-0.3, -0.25) is 0 Å². The van der Waals surface area contributed by atoms with Gasteiger partial charge >= 0.3 is 0 Å². The highest BCUT2D eigenvalue weighted by molar-refractivity contribution is 5.23. The molecule has 1 fully saturated rings. The van der Waals surface area contributed by atoms with Crippen molar-refractivity contribution < 1.29 is 4.39 Å². The maximum atomic E-state index is 13.3. The molecule has 0 aromatic heterocycles. The maximum absolute atomic E-state index is 13.3. The van der Waals surface area contributed by atoms with E-state index in [4.69, 9.17) is 11.0 Å². The first-order valence-corrected chi connectivity index (χ1v) is 4.20. The zero-order valence-electron chi connectivity index (χ0n) is 7.18. The Morgan fingerprint density at radius 2 is 2.50 bits per heavy atom. The molecule has 0 aromatic rings. The SMILES string of the molecule is CC(N)/C(F)=C1\CCC[C@@H]1C#N. The van der Waals surface area contributed by atoms with Gasteiger partial charge in [0.2, 0.25) is 0 Å². The summed E-state index contributed by atoms with van der Waals surface area (Å²) in [5, 5.41) is 8.68. The minimum Gasteiger partial charge on any atom is -0.322 e. The highest BCUT2D eigenvalue weighted by Crippen LogP contribution is 2.33. The molecule has 1 aliphatic rings. The molecule has 1 rings (SSSR count). The van der Waals surface area contributed by atoms with E-state index < -0.39 is 6.04 Å². The summed E-state index contributed by atoms with van der Waals surface area (Å²) >= 11 is 0. The maximum Gasteiger partial charge on any atom is 0.117 e. The van der Waals surface area contributed by atoms with Crippen molar-refractivity contribution in [3.63, 3.8) is 0 Å². The molecule has 0 aromatic carbocycles. The average molecular weight is 168 g/mol. The molecular weight excluding hydrogens is 155 g/mol. The fourth-order valence-electron chi connectivity index (χ4n) is 1.57. The molecular formula is C9H13FN2. The molecule has 1 saturated carbocycles. The zero-order chi connectivity index (χ0) is 9.14. The van der Waals surface area contributed by atoms with Crippen LogP contribution in [0.4, 0.5) is 4.39 Å². The number of halogens is 1. The summed E-state index contributed by atoms with van der Waals surface area (Å²) in [5.74, 6) is -0.505. The zero-order valence-corrected chi connectivity index (χ0v) is 7.18. The Hall–Kier alpha value is -0.880. The quantitative estimate of drug-likeness (QED) is 0.649. The van der Waals surface area contributed by atoms with Crippen molar-refractivity contribution in [1.29, 1.82) is 5.26 Å². The third kappa shape index (κ3) is 1.64. The standard InChI is InChI=1S/C9H13FN2/c1-6(12)9(10)8-4-2-3-7(8)5-11/h6-7H,2-4,12H2,1H3/b9-8-/t6?,7-/m1/s1. The van der Waals surface area contributed by atoms with E-state index in [1.807, 2.05) is 0 Å². The summed E-state index contributed by atoms with van der Waals surface area (Å²) in [7, 11) is 0. The molecule has 0 radical (unpaired) electrons. The van der Waals surface area contributed by atoms with Crippen LogP contribution in [0.25, 0.3) is 0 Å². The third-order valence-corrected chi connectivity index (χ3v) is 2.22. The third-order valence-electron chi connectivity index (χ3n) is 2.22. The van der Waals surface area contributed by atoms with Gasteiger partial charge in [-0.25, -0.2) is 4.39 Å². The van der Waals surface area contributed by atoms with Crippen molar-refractivity contribution in [3.05, 3.63) is 11.4 Å². The first-order valence-electron chi connectivity index (χ1n) is 4.20. The molecule has 66 valence electrons. The number of nitrogens with two attached hydrogens (primary N) is 1. The minimum absolute atomic E-state index is 0.226. The number of allylic oxidation sites excluding steroid dienone is 1. The van der Waals surface area contributed by atoms with Crippen molar-refractivity contribution in [3.8, 4) is 6.07 Å². The van der Waals surface area contributed by atoms with E-state index in [9.17, 15) is 4.39 Å². The number of nitriles is 1. The lowest BCUT2D eigenvalue weighted by atomic mass is 10.0. The normalized spacial score (nSPS) is 29.7. The summed E-state index contributed by atoms with van der Waals surface area (Å²) in [5.41, 5.74) is 6.02. The van der Waals surface area contributed by atoms with Crippen LogP contribution in [-0.2, 0) is 0 Å².